The average molecular weight is 411 g/mol. The first-order chi connectivity index (χ1) is 14.1. The van der Waals surface area contributed by atoms with Gasteiger partial charge in [-0.15, -0.1) is 0 Å². The first kappa shape index (κ1) is 19.2. The maximum atomic E-state index is 14.0. The number of halogens is 2. The molecule has 1 amide bonds. The first-order valence-corrected chi connectivity index (χ1v) is 9.76. The van der Waals surface area contributed by atoms with E-state index < -0.39 is 5.82 Å². The van der Waals surface area contributed by atoms with Gasteiger partial charge in [-0.3, -0.25) is 4.79 Å². The number of aromatic nitrogens is 1. The number of piperazine rings is 1. The van der Waals surface area contributed by atoms with Crippen LogP contribution in [0, 0.1) is 5.82 Å². The molecule has 5 nitrogen and oxygen atoms in total. The fourth-order valence-electron chi connectivity index (χ4n) is 3.40. The molecule has 0 atom stereocenters. The Labute approximate surface area is 173 Å². The number of hydrogen-bond acceptors (Lipinski definition) is 4. The maximum absolute atomic E-state index is 14.0. The number of carbonyl (C=O) groups is 1. The van der Waals surface area contributed by atoms with Gasteiger partial charge in [0, 0.05) is 32.4 Å². The molecule has 1 N–H and O–H groups in total. The smallest absolute Gasteiger partial charge is 0.257 e. The second kappa shape index (κ2) is 8.49. The highest BCUT2D eigenvalue weighted by molar-refractivity contribution is 6.33. The van der Waals surface area contributed by atoms with Crippen LogP contribution in [-0.4, -0.2) is 42.0 Å². The number of hydrogen-bond donors (Lipinski definition) is 1. The van der Waals surface area contributed by atoms with Gasteiger partial charge in [-0.25, -0.2) is 9.37 Å². The van der Waals surface area contributed by atoms with Crippen LogP contribution in [0.4, 0.5) is 21.6 Å². The fraction of sp³-hybridized carbons (Fsp3) is 0.182. The Morgan fingerprint density at radius 1 is 0.966 bits per heavy atom. The van der Waals surface area contributed by atoms with E-state index in [-0.39, 0.29) is 11.6 Å². The molecule has 3 aromatic rings. The van der Waals surface area contributed by atoms with Crippen LogP contribution in [0.1, 0.15) is 10.4 Å². The van der Waals surface area contributed by atoms with Gasteiger partial charge in [0.15, 0.2) is 0 Å². The standard InChI is InChI=1S/C22H20ClFN4O/c23-17-7-1-4-10-20(17)27-12-14-28(15-13-27)22(29)16-6-5-11-25-21(16)26-19-9-3-2-8-18(19)24/h1-11H,12-15H2,(H,25,26). The van der Waals surface area contributed by atoms with Crippen LogP contribution in [0.15, 0.2) is 66.9 Å². The Hall–Kier alpha value is -3.12. The van der Waals surface area contributed by atoms with E-state index in [0.29, 0.717) is 42.6 Å². The monoisotopic (exact) mass is 410 g/mol. The lowest BCUT2D eigenvalue weighted by molar-refractivity contribution is 0.0747. The molecule has 148 valence electrons. The number of rotatable bonds is 4. The first-order valence-electron chi connectivity index (χ1n) is 9.39. The van der Waals surface area contributed by atoms with Crippen LogP contribution in [0.2, 0.25) is 5.02 Å². The minimum atomic E-state index is -0.398. The Kier molecular flexibility index (Phi) is 5.62. The lowest BCUT2D eigenvalue weighted by Crippen LogP contribution is -2.49. The SMILES string of the molecule is O=C(c1cccnc1Nc1ccccc1F)N1CCN(c2ccccc2Cl)CC1. The van der Waals surface area contributed by atoms with Crippen LogP contribution in [0.5, 0.6) is 0 Å². The Morgan fingerprint density at radius 2 is 1.69 bits per heavy atom. The molecule has 2 aromatic carbocycles. The molecular weight excluding hydrogens is 391 g/mol. The van der Waals surface area contributed by atoms with E-state index in [2.05, 4.69) is 15.2 Å². The summed E-state index contributed by atoms with van der Waals surface area (Å²) in [6.07, 6.45) is 1.58. The summed E-state index contributed by atoms with van der Waals surface area (Å²) in [6, 6.07) is 17.4. The number of pyridine rings is 1. The zero-order valence-electron chi connectivity index (χ0n) is 15.7. The molecule has 1 aliphatic heterocycles. The van der Waals surface area contributed by atoms with Crippen molar-refractivity contribution in [3.63, 3.8) is 0 Å². The van der Waals surface area contributed by atoms with Gasteiger partial charge in [-0.1, -0.05) is 35.9 Å². The second-order valence-electron chi connectivity index (χ2n) is 6.74. The van der Waals surface area contributed by atoms with Crippen LogP contribution < -0.4 is 10.2 Å². The predicted molar refractivity (Wildman–Crippen MR) is 113 cm³/mol. The summed E-state index contributed by atoms with van der Waals surface area (Å²) in [5.41, 5.74) is 1.68. The molecule has 1 fully saturated rings. The zero-order valence-corrected chi connectivity index (χ0v) is 16.4. The molecule has 0 radical (unpaired) electrons. The third kappa shape index (κ3) is 4.17. The lowest BCUT2D eigenvalue weighted by atomic mass is 10.2. The van der Waals surface area contributed by atoms with E-state index in [4.69, 9.17) is 11.6 Å². The number of nitrogens with one attached hydrogen (secondary N) is 1. The molecule has 0 aliphatic carbocycles. The van der Waals surface area contributed by atoms with E-state index in [0.717, 1.165) is 5.69 Å². The molecule has 0 unspecified atom stereocenters. The van der Waals surface area contributed by atoms with Crippen LogP contribution >= 0.6 is 11.6 Å². The fourth-order valence-corrected chi connectivity index (χ4v) is 3.65. The van der Waals surface area contributed by atoms with Gasteiger partial charge < -0.3 is 15.1 Å². The molecule has 1 saturated heterocycles. The maximum Gasteiger partial charge on any atom is 0.257 e. The van der Waals surface area contributed by atoms with Crippen molar-refractivity contribution < 1.29 is 9.18 Å². The summed E-state index contributed by atoms with van der Waals surface area (Å²) < 4.78 is 14.0. The number of nitrogens with zero attached hydrogens (tertiary/aromatic N) is 3. The van der Waals surface area contributed by atoms with E-state index in [9.17, 15) is 9.18 Å². The van der Waals surface area contributed by atoms with Crippen molar-refractivity contribution in [1.29, 1.82) is 0 Å². The molecule has 1 aliphatic rings. The van der Waals surface area contributed by atoms with Crippen molar-refractivity contribution in [2.45, 2.75) is 0 Å². The summed E-state index contributed by atoms with van der Waals surface area (Å²) >= 11 is 6.29. The van der Waals surface area contributed by atoms with E-state index in [1.807, 2.05) is 24.3 Å². The van der Waals surface area contributed by atoms with E-state index in [1.54, 1.807) is 41.4 Å². The highest BCUT2D eigenvalue weighted by Crippen LogP contribution is 2.27. The summed E-state index contributed by atoms with van der Waals surface area (Å²) in [6.45, 7) is 2.51. The Bertz CT molecular complexity index is 1020. The third-order valence-corrected chi connectivity index (χ3v) is 5.24. The highest BCUT2D eigenvalue weighted by Gasteiger charge is 2.25. The number of anilines is 3. The minimum Gasteiger partial charge on any atom is -0.367 e. The topological polar surface area (TPSA) is 48.5 Å². The normalized spacial score (nSPS) is 14.0. The molecule has 0 bridgehead atoms. The number of benzene rings is 2. The van der Waals surface area contributed by atoms with E-state index >= 15 is 0 Å². The van der Waals surface area contributed by atoms with Gasteiger partial charge in [0.1, 0.15) is 11.6 Å². The largest absolute Gasteiger partial charge is 0.367 e. The molecular formula is C22H20ClFN4O. The van der Waals surface area contributed by atoms with Crippen LogP contribution in [-0.2, 0) is 0 Å². The van der Waals surface area contributed by atoms with Crippen molar-refractivity contribution in [3.05, 3.63) is 83.3 Å². The minimum absolute atomic E-state index is 0.129. The van der Waals surface area contributed by atoms with Crippen LogP contribution in [0.3, 0.4) is 0 Å². The summed E-state index contributed by atoms with van der Waals surface area (Å²) in [5.74, 6) is -0.184. The average Bonchev–Trinajstić information content (AvgIpc) is 2.76. The second-order valence-corrected chi connectivity index (χ2v) is 7.14. The van der Waals surface area contributed by atoms with Crippen molar-refractivity contribution in [1.82, 2.24) is 9.88 Å². The quantitative estimate of drug-likeness (QED) is 0.684. The molecule has 0 spiro atoms. The van der Waals surface area contributed by atoms with Crippen molar-refractivity contribution >= 4 is 34.7 Å². The van der Waals surface area contributed by atoms with Gasteiger partial charge >= 0.3 is 0 Å². The van der Waals surface area contributed by atoms with Gasteiger partial charge in [-0.2, -0.15) is 0 Å². The Morgan fingerprint density at radius 3 is 2.45 bits per heavy atom. The molecule has 29 heavy (non-hydrogen) atoms. The summed E-state index contributed by atoms with van der Waals surface area (Å²) in [7, 11) is 0. The molecule has 4 rings (SSSR count). The number of para-hydroxylation sites is 2. The van der Waals surface area contributed by atoms with Crippen LogP contribution in [0.25, 0.3) is 0 Å². The van der Waals surface area contributed by atoms with Gasteiger partial charge in [-0.05, 0) is 36.4 Å². The predicted octanol–water partition coefficient (Wildman–Crippen LogP) is 4.58. The van der Waals surface area contributed by atoms with Gasteiger partial charge in [0.05, 0.1) is 22.0 Å². The van der Waals surface area contributed by atoms with Crippen molar-refractivity contribution in [3.8, 4) is 0 Å². The molecule has 7 heteroatoms. The van der Waals surface area contributed by atoms with Gasteiger partial charge in [0.25, 0.3) is 5.91 Å². The summed E-state index contributed by atoms with van der Waals surface area (Å²) in [5, 5.41) is 3.65. The third-order valence-electron chi connectivity index (χ3n) is 4.93. The number of carbonyl (C=O) groups excluding carboxylic acids is 1. The number of amides is 1. The zero-order chi connectivity index (χ0) is 20.2. The highest BCUT2D eigenvalue weighted by atomic mass is 35.5. The lowest BCUT2D eigenvalue weighted by Gasteiger charge is -2.36. The van der Waals surface area contributed by atoms with E-state index in [1.165, 1.54) is 6.07 Å². The van der Waals surface area contributed by atoms with Crippen molar-refractivity contribution in [2.24, 2.45) is 0 Å². The molecule has 0 saturated carbocycles. The molecule has 1 aromatic heterocycles. The Balaban J connectivity index is 1.48. The summed E-state index contributed by atoms with van der Waals surface area (Å²) in [4.78, 5) is 21.3. The van der Waals surface area contributed by atoms with Gasteiger partial charge in [0.2, 0.25) is 0 Å². The van der Waals surface area contributed by atoms with Crippen molar-refractivity contribution in [2.75, 3.05) is 36.4 Å². The molecule has 2 heterocycles.